The summed E-state index contributed by atoms with van der Waals surface area (Å²) in [4.78, 5) is 29.8. The third-order valence-electron chi connectivity index (χ3n) is 4.80. The van der Waals surface area contributed by atoms with Crippen molar-refractivity contribution in [2.45, 2.75) is 26.4 Å². The number of nitrogens with zero attached hydrogens (tertiary/aromatic N) is 2. The van der Waals surface area contributed by atoms with Gasteiger partial charge in [-0.2, -0.15) is 0 Å². The molecule has 0 saturated heterocycles. The molecule has 2 amide bonds. The molecule has 0 fully saturated rings. The normalized spacial score (nSPS) is 11.9. The molecule has 1 unspecified atom stereocenters. The van der Waals surface area contributed by atoms with Crippen molar-refractivity contribution in [3.8, 4) is 0 Å². The van der Waals surface area contributed by atoms with Gasteiger partial charge in [-0.1, -0.05) is 29.8 Å². The second kappa shape index (κ2) is 8.24. The Morgan fingerprint density at radius 2 is 1.83 bits per heavy atom. The first-order chi connectivity index (χ1) is 14.5. The van der Waals surface area contributed by atoms with Gasteiger partial charge in [0.1, 0.15) is 12.4 Å². The average Bonchev–Trinajstić information content (AvgIpc) is 3.39. The van der Waals surface area contributed by atoms with Crippen LogP contribution in [-0.2, 0) is 11.3 Å². The third-order valence-corrected chi connectivity index (χ3v) is 4.80. The summed E-state index contributed by atoms with van der Waals surface area (Å²) in [6.07, 6.45) is 1.45. The van der Waals surface area contributed by atoms with Gasteiger partial charge in [0.2, 0.25) is 5.91 Å². The number of rotatable bonds is 6. The van der Waals surface area contributed by atoms with E-state index in [2.05, 4.69) is 15.6 Å². The molecule has 0 aliphatic rings. The maximum absolute atomic E-state index is 12.7. The van der Waals surface area contributed by atoms with Crippen molar-refractivity contribution in [1.29, 1.82) is 0 Å². The van der Waals surface area contributed by atoms with E-state index in [1.807, 2.05) is 66.9 Å². The molecule has 0 spiro atoms. The Bertz CT molecular complexity index is 1180. The minimum Gasteiger partial charge on any atom is -0.459 e. The number of carbonyl (C=O) groups excluding carboxylic acids is 2. The van der Waals surface area contributed by atoms with Crippen molar-refractivity contribution in [1.82, 2.24) is 14.9 Å². The number of carbonyl (C=O) groups is 2. The van der Waals surface area contributed by atoms with Crippen molar-refractivity contribution in [3.63, 3.8) is 0 Å². The predicted octanol–water partition coefficient (Wildman–Crippen LogP) is 4.07. The van der Waals surface area contributed by atoms with Crippen molar-refractivity contribution in [2.75, 3.05) is 5.32 Å². The van der Waals surface area contributed by atoms with Crippen LogP contribution in [0.2, 0.25) is 0 Å². The lowest BCUT2D eigenvalue weighted by Crippen LogP contribution is -2.29. The quantitative estimate of drug-likeness (QED) is 0.509. The highest BCUT2D eigenvalue weighted by Gasteiger charge is 2.21. The topological polar surface area (TPSA) is 89.2 Å². The summed E-state index contributed by atoms with van der Waals surface area (Å²) in [5, 5.41) is 5.79. The molecule has 0 aliphatic carbocycles. The Morgan fingerprint density at radius 1 is 1.07 bits per heavy atom. The van der Waals surface area contributed by atoms with Crippen LogP contribution in [0.15, 0.2) is 71.3 Å². The van der Waals surface area contributed by atoms with Crippen LogP contribution >= 0.6 is 0 Å². The summed E-state index contributed by atoms with van der Waals surface area (Å²) in [5.74, 6) is 0.305. The zero-order valence-corrected chi connectivity index (χ0v) is 16.8. The number of furan rings is 1. The number of imidazole rings is 1. The fraction of sp³-hybridized carbons (Fsp3) is 0.174. The number of nitrogens with one attached hydrogen (secondary N) is 2. The molecule has 152 valence electrons. The number of aryl methyl sites for hydroxylation is 1. The Labute approximate surface area is 173 Å². The molecule has 4 rings (SSSR count). The van der Waals surface area contributed by atoms with E-state index in [4.69, 9.17) is 4.42 Å². The highest BCUT2D eigenvalue weighted by atomic mass is 16.3. The number of benzene rings is 2. The van der Waals surface area contributed by atoms with Crippen LogP contribution in [-0.4, -0.2) is 21.4 Å². The summed E-state index contributed by atoms with van der Waals surface area (Å²) in [7, 11) is 0. The maximum Gasteiger partial charge on any atom is 0.287 e. The molecule has 0 bridgehead atoms. The second-order valence-electron chi connectivity index (χ2n) is 7.13. The number of amides is 2. The molecule has 0 saturated carbocycles. The van der Waals surface area contributed by atoms with Crippen molar-refractivity contribution < 1.29 is 14.0 Å². The van der Waals surface area contributed by atoms with Crippen LogP contribution in [0.25, 0.3) is 11.0 Å². The van der Waals surface area contributed by atoms with Crippen LogP contribution in [0.1, 0.15) is 34.9 Å². The van der Waals surface area contributed by atoms with E-state index in [9.17, 15) is 9.59 Å². The number of hydrogen-bond acceptors (Lipinski definition) is 4. The molecular weight excluding hydrogens is 380 g/mol. The Morgan fingerprint density at radius 3 is 2.57 bits per heavy atom. The maximum atomic E-state index is 12.7. The number of hydrogen-bond donors (Lipinski definition) is 2. The fourth-order valence-electron chi connectivity index (χ4n) is 3.31. The van der Waals surface area contributed by atoms with Gasteiger partial charge in [0.05, 0.1) is 23.3 Å². The Balaban J connectivity index is 1.59. The van der Waals surface area contributed by atoms with E-state index >= 15 is 0 Å². The van der Waals surface area contributed by atoms with Crippen LogP contribution in [0.5, 0.6) is 0 Å². The molecule has 7 nitrogen and oxygen atoms in total. The summed E-state index contributed by atoms with van der Waals surface area (Å²) < 4.78 is 6.98. The molecule has 2 aromatic carbocycles. The highest BCUT2D eigenvalue weighted by molar-refractivity contribution is 5.92. The largest absolute Gasteiger partial charge is 0.459 e. The molecule has 7 heteroatoms. The lowest BCUT2D eigenvalue weighted by Gasteiger charge is -2.16. The van der Waals surface area contributed by atoms with Gasteiger partial charge in [-0.25, -0.2) is 4.98 Å². The predicted molar refractivity (Wildman–Crippen MR) is 114 cm³/mol. The van der Waals surface area contributed by atoms with Crippen LogP contribution in [0, 0.1) is 6.92 Å². The summed E-state index contributed by atoms with van der Waals surface area (Å²) >= 11 is 0. The number of para-hydroxylation sites is 2. The number of anilines is 1. The lowest BCUT2D eigenvalue weighted by atomic mass is 10.2. The average molecular weight is 402 g/mol. The van der Waals surface area contributed by atoms with Gasteiger partial charge in [-0.15, -0.1) is 0 Å². The number of aromatic nitrogens is 2. The first-order valence-electron chi connectivity index (χ1n) is 9.67. The second-order valence-corrected chi connectivity index (χ2v) is 7.13. The standard InChI is InChI=1S/C23H22N4O3/c1-15-9-11-17(12-10-15)25-21(28)14-27-19-7-4-3-6-18(19)26-22(27)16(2)24-23(29)20-8-5-13-30-20/h3-13,16H,14H2,1-2H3,(H,24,29)(H,25,28). The Hall–Kier alpha value is -3.87. The van der Waals surface area contributed by atoms with Gasteiger partial charge >= 0.3 is 0 Å². The summed E-state index contributed by atoms with van der Waals surface area (Å²) in [6.45, 7) is 3.90. The van der Waals surface area contributed by atoms with Crippen LogP contribution in [0.4, 0.5) is 5.69 Å². The van der Waals surface area contributed by atoms with Crippen molar-refractivity contribution in [2.24, 2.45) is 0 Å². The summed E-state index contributed by atoms with van der Waals surface area (Å²) in [5.41, 5.74) is 3.44. The Kier molecular flexibility index (Phi) is 5.34. The molecule has 2 heterocycles. The SMILES string of the molecule is Cc1ccc(NC(=O)Cn2c(C(C)NC(=O)c3ccco3)nc3ccccc32)cc1. The van der Waals surface area contributed by atoms with E-state index in [1.54, 1.807) is 12.1 Å². The van der Waals surface area contributed by atoms with E-state index < -0.39 is 6.04 Å². The monoisotopic (exact) mass is 402 g/mol. The molecule has 0 aliphatic heterocycles. The lowest BCUT2D eigenvalue weighted by molar-refractivity contribution is -0.116. The zero-order valence-electron chi connectivity index (χ0n) is 16.8. The minimum absolute atomic E-state index is 0.0741. The van der Waals surface area contributed by atoms with Crippen molar-refractivity contribution >= 4 is 28.5 Å². The van der Waals surface area contributed by atoms with E-state index in [-0.39, 0.29) is 24.1 Å². The third kappa shape index (κ3) is 4.10. The van der Waals surface area contributed by atoms with E-state index in [1.165, 1.54) is 6.26 Å². The zero-order chi connectivity index (χ0) is 21.1. The van der Waals surface area contributed by atoms with Gasteiger partial charge in [0.15, 0.2) is 5.76 Å². The van der Waals surface area contributed by atoms with Gasteiger partial charge in [0.25, 0.3) is 5.91 Å². The van der Waals surface area contributed by atoms with E-state index in [0.717, 1.165) is 22.3 Å². The van der Waals surface area contributed by atoms with Crippen molar-refractivity contribution in [3.05, 3.63) is 84.1 Å². The van der Waals surface area contributed by atoms with Crippen LogP contribution in [0.3, 0.4) is 0 Å². The van der Waals surface area contributed by atoms with Gasteiger partial charge < -0.3 is 19.6 Å². The fourth-order valence-corrected chi connectivity index (χ4v) is 3.31. The van der Waals surface area contributed by atoms with Gasteiger partial charge in [-0.05, 0) is 50.2 Å². The van der Waals surface area contributed by atoms with E-state index in [0.29, 0.717) is 5.82 Å². The highest BCUT2D eigenvalue weighted by Crippen LogP contribution is 2.21. The van der Waals surface area contributed by atoms with Crippen LogP contribution < -0.4 is 10.6 Å². The minimum atomic E-state index is -0.429. The molecular formula is C23H22N4O3. The molecule has 2 N–H and O–H groups in total. The molecule has 1 atom stereocenters. The molecule has 4 aromatic rings. The smallest absolute Gasteiger partial charge is 0.287 e. The van der Waals surface area contributed by atoms with Gasteiger partial charge in [-0.3, -0.25) is 9.59 Å². The van der Waals surface area contributed by atoms with Gasteiger partial charge in [0, 0.05) is 5.69 Å². The molecule has 0 radical (unpaired) electrons. The first-order valence-corrected chi connectivity index (χ1v) is 9.67. The summed E-state index contributed by atoms with van der Waals surface area (Å²) in [6, 6.07) is 18.0. The molecule has 30 heavy (non-hydrogen) atoms. The first kappa shape index (κ1) is 19.4. The number of fused-ring (bicyclic) bond motifs is 1. The molecule has 2 aromatic heterocycles.